The van der Waals surface area contributed by atoms with Gasteiger partial charge in [0.25, 0.3) is 0 Å². The quantitative estimate of drug-likeness (QED) is 0.728. The summed E-state index contributed by atoms with van der Waals surface area (Å²) >= 11 is 6.05. The van der Waals surface area contributed by atoms with Crippen molar-refractivity contribution in [2.75, 3.05) is 37.6 Å². The average molecular weight is 392 g/mol. The molecule has 27 heavy (non-hydrogen) atoms. The highest BCUT2D eigenvalue weighted by Gasteiger charge is 2.26. The molecule has 146 valence electrons. The van der Waals surface area contributed by atoms with E-state index < -0.39 is 6.04 Å². The highest BCUT2D eigenvalue weighted by atomic mass is 35.5. The first kappa shape index (κ1) is 20.8. The van der Waals surface area contributed by atoms with Gasteiger partial charge in [0, 0.05) is 36.9 Å². The summed E-state index contributed by atoms with van der Waals surface area (Å²) in [5.74, 6) is -0.0843. The summed E-state index contributed by atoms with van der Waals surface area (Å²) in [5, 5.41) is 14.7. The summed E-state index contributed by atoms with van der Waals surface area (Å²) in [4.78, 5) is 28.7. The van der Waals surface area contributed by atoms with E-state index >= 15 is 0 Å². The van der Waals surface area contributed by atoms with Crippen LogP contribution in [0.1, 0.15) is 20.3 Å². The van der Waals surface area contributed by atoms with E-state index in [1.165, 1.54) is 0 Å². The van der Waals surface area contributed by atoms with Gasteiger partial charge in [-0.1, -0.05) is 31.5 Å². The van der Waals surface area contributed by atoms with Gasteiger partial charge in [-0.15, -0.1) is 0 Å². The monoisotopic (exact) mass is 391 g/mol. The zero-order valence-corrected chi connectivity index (χ0v) is 16.5. The molecule has 1 aromatic rings. The van der Waals surface area contributed by atoms with Gasteiger partial charge in [0.05, 0.1) is 6.07 Å². The molecule has 2 N–H and O–H groups in total. The largest absolute Gasteiger partial charge is 0.368 e. The minimum absolute atomic E-state index is 0.0678. The van der Waals surface area contributed by atoms with Crippen molar-refractivity contribution < 1.29 is 9.59 Å². The van der Waals surface area contributed by atoms with Gasteiger partial charge in [-0.2, -0.15) is 5.26 Å². The van der Waals surface area contributed by atoms with E-state index in [0.717, 1.165) is 5.69 Å². The minimum Gasteiger partial charge on any atom is -0.368 e. The molecule has 1 fully saturated rings. The van der Waals surface area contributed by atoms with Crippen LogP contribution in [0.5, 0.6) is 0 Å². The summed E-state index contributed by atoms with van der Waals surface area (Å²) < 4.78 is 0. The normalized spacial score (nSPS) is 15.2. The molecule has 1 atom stereocenters. The topological polar surface area (TPSA) is 88.5 Å². The van der Waals surface area contributed by atoms with E-state index in [4.69, 9.17) is 16.9 Å². The van der Waals surface area contributed by atoms with E-state index in [0.29, 0.717) is 37.6 Å². The van der Waals surface area contributed by atoms with Gasteiger partial charge in [-0.3, -0.25) is 4.79 Å². The molecule has 1 aliphatic heterocycles. The zero-order chi connectivity index (χ0) is 19.8. The number of hydrogen-bond donors (Lipinski definition) is 2. The minimum atomic E-state index is -0.642. The summed E-state index contributed by atoms with van der Waals surface area (Å²) in [5.41, 5.74) is 1.04. The van der Waals surface area contributed by atoms with E-state index in [1.807, 2.05) is 44.2 Å². The second-order valence-corrected chi connectivity index (χ2v) is 7.40. The Hall–Kier alpha value is -2.46. The zero-order valence-electron chi connectivity index (χ0n) is 15.7. The van der Waals surface area contributed by atoms with Crippen LogP contribution < -0.4 is 15.5 Å². The lowest BCUT2D eigenvalue weighted by molar-refractivity contribution is -0.123. The number of carbonyl (C=O) groups is 2. The van der Waals surface area contributed by atoms with Gasteiger partial charge in [-0.05, 0) is 30.5 Å². The number of nitriles is 1. The van der Waals surface area contributed by atoms with Gasteiger partial charge in [0.15, 0.2) is 0 Å². The maximum Gasteiger partial charge on any atom is 0.318 e. The number of halogens is 1. The number of benzene rings is 1. The van der Waals surface area contributed by atoms with Crippen LogP contribution >= 0.6 is 11.6 Å². The van der Waals surface area contributed by atoms with Crippen molar-refractivity contribution in [3.8, 4) is 6.07 Å². The van der Waals surface area contributed by atoms with Crippen molar-refractivity contribution in [1.82, 2.24) is 15.5 Å². The van der Waals surface area contributed by atoms with Crippen molar-refractivity contribution in [2.24, 2.45) is 5.92 Å². The third-order valence-electron chi connectivity index (χ3n) is 4.40. The van der Waals surface area contributed by atoms with Gasteiger partial charge >= 0.3 is 6.03 Å². The fourth-order valence-corrected chi connectivity index (χ4v) is 3.22. The lowest BCUT2D eigenvalue weighted by Crippen LogP contribution is -2.56. The van der Waals surface area contributed by atoms with E-state index in [1.54, 1.807) is 4.90 Å². The molecule has 0 saturated carbocycles. The maximum atomic E-state index is 12.6. The molecule has 3 amide bonds. The smallest absolute Gasteiger partial charge is 0.318 e. The Kier molecular flexibility index (Phi) is 7.74. The lowest BCUT2D eigenvalue weighted by atomic mass is 10.0. The molecule has 0 radical (unpaired) electrons. The van der Waals surface area contributed by atoms with Crippen LogP contribution in [0.4, 0.5) is 10.5 Å². The number of amides is 3. The fourth-order valence-electron chi connectivity index (χ4n) is 3.03. The Morgan fingerprint density at radius 2 is 1.96 bits per heavy atom. The first-order valence-corrected chi connectivity index (χ1v) is 9.49. The summed E-state index contributed by atoms with van der Waals surface area (Å²) in [6, 6.07) is 8.64. The van der Waals surface area contributed by atoms with E-state index in [-0.39, 0.29) is 24.4 Å². The molecule has 1 saturated heterocycles. The van der Waals surface area contributed by atoms with Crippen molar-refractivity contribution >= 4 is 29.2 Å². The number of urea groups is 1. The molecular weight excluding hydrogens is 366 g/mol. The first-order valence-electron chi connectivity index (χ1n) is 9.11. The highest BCUT2D eigenvalue weighted by molar-refractivity contribution is 6.30. The second-order valence-electron chi connectivity index (χ2n) is 6.96. The summed E-state index contributed by atoms with van der Waals surface area (Å²) in [7, 11) is 0. The number of piperazine rings is 1. The van der Waals surface area contributed by atoms with Crippen LogP contribution in [-0.4, -0.2) is 55.6 Å². The van der Waals surface area contributed by atoms with Crippen LogP contribution in [0, 0.1) is 17.2 Å². The van der Waals surface area contributed by atoms with Crippen LogP contribution in [0.25, 0.3) is 0 Å². The first-order chi connectivity index (χ1) is 12.9. The Morgan fingerprint density at radius 1 is 1.26 bits per heavy atom. The van der Waals surface area contributed by atoms with Crippen molar-refractivity contribution in [3.05, 3.63) is 29.3 Å². The number of nitrogens with zero attached hydrogens (tertiary/aromatic N) is 3. The number of rotatable bonds is 6. The molecule has 1 aromatic carbocycles. The average Bonchev–Trinajstić information content (AvgIpc) is 2.65. The van der Waals surface area contributed by atoms with Crippen molar-refractivity contribution in [1.29, 1.82) is 5.26 Å². The number of hydrogen-bond acceptors (Lipinski definition) is 4. The summed E-state index contributed by atoms with van der Waals surface area (Å²) in [6.45, 7) is 6.42. The van der Waals surface area contributed by atoms with Crippen LogP contribution in [0.2, 0.25) is 5.02 Å². The molecule has 0 unspecified atom stereocenters. The number of nitrogens with one attached hydrogen (secondary N) is 2. The third kappa shape index (κ3) is 6.33. The van der Waals surface area contributed by atoms with Crippen molar-refractivity contribution in [2.45, 2.75) is 26.3 Å². The SMILES string of the molecule is CC(C)C[C@H](NC(=O)N1CCN(c2cccc(Cl)c2)CC1)C(=O)NCC#N. The molecule has 0 bridgehead atoms. The van der Waals surface area contributed by atoms with Crippen molar-refractivity contribution in [3.63, 3.8) is 0 Å². The third-order valence-corrected chi connectivity index (χ3v) is 4.64. The van der Waals surface area contributed by atoms with Gasteiger partial charge < -0.3 is 20.4 Å². The molecule has 7 nitrogen and oxygen atoms in total. The van der Waals surface area contributed by atoms with Gasteiger partial charge in [0.1, 0.15) is 12.6 Å². The molecule has 2 rings (SSSR count). The Labute approximate surface area is 165 Å². The molecule has 1 heterocycles. The molecule has 0 aromatic heterocycles. The summed E-state index contributed by atoms with van der Waals surface area (Å²) in [6.07, 6.45) is 0.519. The standard InChI is InChI=1S/C19H26ClN5O2/c1-14(2)12-17(18(26)22-7-6-21)23-19(27)25-10-8-24(9-11-25)16-5-3-4-15(20)13-16/h3-5,13-14,17H,7-12H2,1-2H3,(H,22,26)(H,23,27)/t17-/m0/s1. The predicted octanol–water partition coefficient (Wildman–Crippen LogP) is 2.23. The van der Waals surface area contributed by atoms with Gasteiger partial charge in [0.2, 0.25) is 5.91 Å². The fraction of sp³-hybridized carbons (Fsp3) is 0.526. The number of carbonyl (C=O) groups excluding carboxylic acids is 2. The van der Waals surface area contributed by atoms with Crippen LogP contribution in [0.15, 0.2) is 24.3 Å². The predicted molar refractivity (Wildman–Crippen MR) is 106 cm³/mol. The molecule has 0 spiro atoms. The maximum absolute atomic E-state index is 12.6. The highest BCUT2D eigenvalue weighted by Crippen LogP contribution is 2.20. The van der Waals surface area contributed by atoms with E-state index in [9.17, 15) is 9.59 Å². The molecule has 8 heteroatoms. The number of anilines is 1. The van der Waals surface area contributed by atoms with Crippen LogP contribution in [0.3, 0.4) is 0 Å². The lowest BCUT2D eigenvalue weighted by Gasteiger charge is -2.36. The Bertz CT molecular complexity index is 696. The second kappa shape index (κ2) is 10.0. The molecule has 1 aliphatic rings. The molecular formula is C19H26ClN5O2. The van der Waals surface area contributed by atoms with Crippen LogP contribution in [-0.2, 0) is 4.79 Å². The Morgan fingerprint density at radius 3 is 2.56 bits per heavy atom. The van der Waals surface area contributed by atoms with Gasteiger partial charge in [-0.25, -0.2) is 4.79 Å². The van der Waals surface area contributed by atoms with E-state index in [2.05, 4.69) is 15.5 Å². The molecule has 0 aliphatic carbocycles. The Balaban J connectivity index is 1.91.